The van der Waals surface area contributed by atoms with Crippen LogP contribution in [0.5, 0.6) is 5.75 Å². The van der Waals surface area contributed by atoms with Gasteiger partial charge in [0, 0.05) is 10.6 Å². The Hall–Kier alpha value is -3.07. The fourth-order valence-electron chi connectivity index (χ4n) is 2.33. The first-order valence-electron chi connectivity index (χ1n) is 7.95. The number of ether oxygens (including phenoxy) is 1. The summed E-state index contributed by atoms with van der Waals surface area (Å²) in [6, 6.07) is 9.55. The number of benzene rings is 2. The first kappa shape index (κ1) is 19.7. The first-order chi connectivity index (χ1) is 13.2. The number of hydrogen-bond acceptors (Lipinski definition) is 5. The summed E-state index contributed by atoms with van der Waals surface area (Å²) in [5.41, 5.74) is -0.786. The van der Waals surface area contributed by atoms with Crippen molar-refractivity contribution < 1.29 is 27.1 Å². The zero-order valence-electron chi connectivity index (χ0n) is 14.3. The van der Waals surface area contributed by atoms with Crippen LogP contribution in [0.1, 0.15) is 12.5 Å². The first-order valence-corrected chi connectivity index (χ1v) is 8.32. The Morgan fingerprint density at radius 1 is 1.21 bits per heavy atom. The third-order valence-electron chi connectivity index (χ3n) is 3.69. The van der Waals surface area contributed by atoms with E-state index < -0.39 is 29.4 Å². The highest BCUT2D eigenvalue weighted by atomic mass is 35.5. The highest BCUT2D eigenvalue weighted by Gasteiger charge is 2.34. The summed E-state index contributed by atoms with van der Waals surface area (Å²) in [4.78, 5) is 12.3. The number of nitrogens with one attached hydrogen (secondary N) is 1. The molecule has 2 aromatic carbocycles. The van der Waals surface area contributed by atoms with Gasteiger partial charge in [-0.1, -0.05) is 11.6 Å². The molecule has 1 aromatic heterocycles. The van der Waals surface area contributed by atoms with Gasteiger partial charge in [-0.25, -0.2) is 0 Å². The lowest BCUT2D eigenvalue weighted by Gasteiger charge is -2.18. The number of carbonyl (C=O) groups is 1. The second kappa shape index (κ2) is 7.89. The third kappa shape index (κ3) is 4.61. The van der Waals surface area contributed by atoms with Crippen molar-refractivity contribution in [2.75, 3.05) is 5.32 Å². The lowest BCUT2D eigenvalue weighted by Crippen LogP contribution is -2.31. The molecule has 1 N–H and O–H groups in total. The Morgan fingerprint density at radius 3 is 2.54 bits per heavy atom. The minimum Gasteiger partial charge on any atom is -0.481 e. The fraction of sp³-hybridized carbons (Fsp3) is 0.167. The topological polar surface area (TPSA) is 77.2 Å². The number of hydrogen-bond donors (Lipinski definition) is 1. The molecule has 3 rings (SSSR count). The number of carbonyl (C=O) groups excluding carboxylic acids is 1. The molecule has 6 nitrogen and oxygen atoms in total. The molecular formula is C18H13ClF3N3O3. The van der Waals surface area contributed by atoms with Crippen molar-refractivity contribution in [2.45, 2.75) is 19.2 Å². The maximum atomic E-state index is 13.1. The van der Waals surface area contributed by atoms with Gasteiger partial charge in [0.1, 0.15) is 5.75 Å². The molecule has 0 radical (unpaired) electrons. The van der Waals surface area contributed by atoms with Crippen LogP contribution < -0.4 is 10.1 Å². The number of nitrogens with zero attached hydrogens (tertiary/aromatic N) is 2. The number of rotatable bonds is 5. The molecule has 0 saturated carbocycles. The van der Waals surface area contributed by atoms with Gasteiger partial charge in [0.15, 0.2) is 6.10 Å². The van der Waals surface area contributed by atoms with Crippen molar-refractivity contribution in [1.82, 2.24) is 10.2 Å². The molecule has 28 heavy (non-hydrogen) atoms. The molecule has 0 aliphatic heterocycles. The molecule has 0 saturated heterocycles. The van der Waals surface area contributed by atoms with Crippen LogP contribution >= 0.6 is 11.6 Å². The molecule has 0 fully saturated rings. The highest BCUT2D eigenvalue weighted by molar-refractivity contribution is 6.30. The van der Waals surface area contributed by atoms with E-state index in [0.29, 0.717) is 17.2 Å². The monoisotopic (exact) mass is 411 g/mol. The van der Waals surface area contributed by atoms with Gasteiger partial charge in [-0.3, -0.25) is 4.79 Å². The van der Waals surface area contributed by atoms with E-state index in [1.807, 2.05) is 0 Å². The predicted octanol–water partition coefficient (Wildman–Crippen LogP) is 4.81. The van der Waals surface area contributed by atoms with Crippen molar-refractivity contribution in [1.29, 1.82) is 0 Å². The van der Waals surface area contributed by atoms with E-state index in [9.17, 15) is 18.0 Å². The number of anilines is 1. The lowest BCUT2D eigenvalue weighted by molar-refractivity contribution is -0.137. The molecule has 1 amide bonds. The van der Waals surface area contributed by atoms with Crippen molar-refractivity contribution >= 4 is 23.2 Å². The lowest BCUT2D eigenvalue weighted by atomic mass is 10.1. The minimum absolute atomic E-state index is 0.0871. The van der Waals surface area contributed by atoms with Gasteiger partial charge in [-0.2, -0.15) is 13.2 Å². The molecule has 3 aromatic rings. The molecule has 0 bridgehead atoms. The number of halogens is 4. The summed E-state index contributed by atoms with van der Waals surface area (Å²) < 4.78 is 49.9. The molecule has 10 heteroatoms. The molecule has 0 aliphatic rings. The second-order valence-corrected chi connectivity index (χ2v) is 6.14. The Labute approximate surface area is 162 Å². The van der Waals surface area contributed by atoms with Crippen LogP contribution in [0.15, 0.2) is 53.3 Å². The number of aromatic nitrogens is 2. The Morgan fingerprint density at radius 2 is 1.93 bits per heavy atom. The van der Waals surface area contributed by atoms with E-state index in [1.165, 1.54) is 19.4 Å². The van der Waals surface area contributed by atoms with Gasteiger partial charge < -0.3 is 14.5 Å². The Kier molecular flexibility index (Phi) is 5.55. The van der Waals surface area contributed by atoms with Crippen molar-refractivity contribution in [3.8, 4) is 17.2 Å². The average molecular weight is 412 g/mol. The zero-order valence-corrected chi connectivity index (χ0v) is 15.1. The standard InChI is InChI=1S/C18H13ClF3N3O3/c1-10(28-13-5-2-11(3-6-13)17-25-23-9-27-17)16(26)24-15-7-4-12(19)8-14(15)18(20,21)22/h2-10H,1H3,(H,24,26)/t10-/m0/s1. The molecule has 0 unspecified atom stereocenters. The van der Waals surface area contributed by atoms with Crippen LogP contribution in [0, 0.1) is 0 Å². The summed E-state index contributed by atoms with van der Waals surface area (Å²) in [7, 11) is 0. The van der Waals surface area contributed by atoms with Crippen molar-refractivity contribution in [3.63, 3.8) is 0 Å². The van der Waals surface area contributed by atoms with Crippen LogP contribution in [-0.4, -0.2) is 22.2 Å². The summed E-state index contributed by atoms with van der Waals surface area (Å²) in [5.74, 6) is -0.0772. The fourth-order valence-corrected chi connectivity index (χ4v) is 2.50. The Balaban J connectivity index is 1.69. The van der Waals surface area contributed by atoms with E-state index in [4.69, 9.17) is 20.8 Å². The SMILES string of the molecule is C[C@H](Oc1ccc(-c2nnco2)cc1)C(=O)Nc1ccc(Cl)cc1C(F)(F)F. The molecular weight excluding hydrogens is 399 g/mol. The van der Waals surface area contributed by atoms with Crippen molar-refractivity contribution in [3.05, 3.63) is 59.4 Å². The molecule has 1 atom stereocenters. The smallest absolute Gasteiger partial charge is 0.418 e. The minimum atomic E-state index is -4.66. The number of amides is 1. The van der Waals surface area contributed by atoms with Crippen LogP contribution in [0.25, 0.3) is 11.5 Å². The van der Waals surface area contributed by atoms with Gasteiger partial charge in [0.2, 0.25) is 12.3 Å². The van der Waals surface area contributed by atoms with Crippen LogP contribution in [-0.2, 0) is 11.0 Å². The van der Waals surface area contributed by atoms with Gasteiger partial charge in [0.25, 0.3) is 5.91 Å². The van der Waals surface area contributed by atoms with Gasteiger partial charge in [-0.05, 0) is 49.4 Å². The molecule has 0 spiro atoms. The van der Waals surface area contributed by atoms with Gasteiger partial charge in [-0.15, -0.1) is 10.2 Å². The summed E-state index contributed by atoms with van der Waals surface area (Å²) >= 11 is 5.63. The summed E-state index contributed by atoms with van der Waals surface area (Å²) in [6.07, 6.45) is -4.52. The van der Waals surface area contributed by atoms with Crippen LogP contribution in [0.3, 0.4) is 0 Å². The van der Waals surface area contributed by atoms with Gasteiger partial charge in [0.05, 0.1) is 11.3 Å². The third-order valence-corrected chi connectivity index (χ3v) is 3.92. The summed E-state index contributed by atoms with van der Waals surface area (Å²) in [5, 5.41) is 9.47. The molecule has 1 heterocycles. The molecule has 0 aliphatic carbocycles. The van der Waals surface area contributed by atoms with Crippen LogP contribution in [0.2, 0.25) is 5.02 Å². The normalized spacial score (nSPS) is 12.5. The Bertz CT molecular complexity index is 960. The maximum Gasteiger partial charge on any atom is 0.418 e. The van der Waals surface area contributed by atoms with E-state index in [1.54, 1.807) is 24.3 Å². The predicted molar refractivity (Wildman–Crippen MR) is 94.9 cm³/mol. The largest absolute Gasteiger partial charge is 0.481 e. The second-order valence-electron chi connectivity index (χ2n) is 5.71. The van der Waals surface area contributed by atoms with E-state index in [2.05, 4.69) is 15.5 Å². The van der Waals surface area contributed by atoms with E-state index >= 15 is 0 Å². The maximum absolute atomic E-state index is 13.1. The van der Waals surface area contributed by atoms with E-state index in [0.717, 1.165) is 12.1 Å². The highest BCUT2D eigenvalue weighted by Crippen LogP contribution is 2.36. The zero-order chi connectivity index (χ0) is 20.3. The van der Waals surface area contributed by atoms with Gasteiger partial charge >= 0.3 is 6.18 Å². The number of alkyl halides is 3. The molecule has 146 valence electrons. The average Bonchev–Trinajstić information content (AvgIpc) is 3.17. The van der Waals surface area contributed by atoms with Crippen LogP contribution in [0.4, 0.5) is 18.9 Å². The van der Waals surface area contributed by atoms with E-state index in [-0.39, 0.29) is 5.02 Å². The van der Waals surface area contributed by atoms with Crippen molar-refractivity contribution in [2.24, 2.45) is 0 Å². The summed E-state index contributed by atoms with van der Waals surface area (Å²) in [6.45, 7) is 1.42. The quantitative estimate of drug-likeness (QED) is 0.651.